The predicted molar refractivity (Wildman–Crippen MR) is 80.4 cm³/mol. The quantitative estimate of drug-likeness (QED) is 0.892. The lowest BCUT2D eigenvalue weighted by molar-refractivity contribution is 0.139. The molecular weight excluding hydrogens is 232 g/mol. The lowest BCUT2D eigenvalue weighted by atomic mass is 10.0. The summed E-state index contributed by atoms with van der Waals surface area (Å²) in [6, 6.07) is 11.0. The molecule has 0 saturated carbocycles. The van der Waals surface area contributed by atoms with Gasteiger partial charge in [-0.1, -0.05) is 24.3 Å². The highest BCUT2D eigenvalue weighted by molar-refractivity contribution is 5.34. The summed E-state index contributed by atoms with van der Waals surface area (Å²) >= 11 is 0. The van der Waals surface area contributed by atoms with Crippen LogP contribution in [0.5, 0.6) is 0 Å². The predicted octanol–water partition coefficient (Wildman–Crippen LogP) is 3.14. The summed E-state index contributed by atoms with van der Waals surface area (Å²) in [5.41, 5.74) is 3.15. The standard InChI is InChI=1S/C17H26N2/c1-13(2)19(12-15-7-5-11-18-15)17-10-9-14-6-3-4-8-16(14)17/h3-4,6,8,13,15,17-18H,5,7,9-12H2,1-2H3. The number of hydrogen-bond acceptors (Lipinski definition) is 2. The highest BCUT2D eigenvalue weighted by Crippen LogP contribution is 2.36. The highest BCUT2D eigenvalue weighted by Gasteiger charge is 2.31. The maximum Gasteiger partial charge on any atom is 0.0357 e. The van der Waals surface area contributed by atoms with E-state index in [0.717, 1.165) is 0 Å². The van der Waals surface area contributed by atoms with Crippen molar-refractivity contribution in [1.82, 2.24) is 10.2 Å². The molecule has 1 aromatic rings. The summed E-state index contributed by atoms with van der Waals surface area (Å²) in [7, 11) is 0. The van der Waals surface area contributed by atoms with Gasteiger partial charge >= 0.3 is 0 Å². The minimum Gasteiger partial charge on any atom is -0.313 e. The first kappa shape index (κ1) is 13.1. The Morgan fingerprint density at radius 3 is 2.84 bits per heavy atom. The first-order chi connectivity index (χ1) is 9.25. The van der Waals surface area contributed by atoms with E-state index in [9.17, 15) is 0 Å². The summed E-state index contributed by atoms with van der Waals surface area (Å²) < 4.78 is 0. The smallest absolute Gasteiger partial charge is 0.0357 e. The molecule has 1 fully saturated rings. The molecule has 1 saturated heterocycles. The summed E-state index contributed by atoms with van der Waals surface area (Å²) in [5, 5.41) is 3.65. The van der Waals surface area contributed by atoms with E-state index >= 15 is 0 Å². The fourth-order valence-electron chi connectivity index (χ4n) is 3.74. The van der Waals surface area contributed by atoms with Gasteiger partial charge in [-0.15, -0.1) is 0 Å². The van der Waals surface area contributed by atoms with Crippen molar-refractivity contribution in [3.8, 4) is 0 Å². The minimum atomic E-state index is 0.624. The second-order valence-corrected chi connectivity index (χ2v) is 6.34. The molecule has 1 heterocycles. The SMILES string of the molecule is CC(C)N(CC1CCCN1)C1CCc2ccccc21. The Bertz CT molecular complexity index is 421. The van der Waals surface area contributed by atoms with Crippen molar-refractivity contribution in [1.29, 1.82) is 0 Å². The second-order valence-electron chi connectivity index (χ2n) is 6.34. The van der Waals surface area contributed by atoms with Crippen molar-refractivity contribution in [3.63, 3.8) is 0 Å². The molecule has 0 spiro atoms. The first-order valence-electron chi connectivity index (χ1n) is 7.82. The van der Waals surface area contributed by atoms with Crippen molar-refractivity contribution in [3.05, 3.63) is 35.4 Å². The highest BCUT2D eigenvalue weighted by atomic mass is 15.2. The molecule has 2 aliphatic rings. The van der Waals surface area contributed by atoms with Gasteiger partial charge in [-0.3, -0.25) is 4.90 Å². The Morgan fingerprint density at radius 2 is 2.11 bits per heavy atom. The lowest BCUT2D eigenvalue weighted by Gasteiger charge is -2.35. The van der Waals surface area contributed by atoms with E-state index in [1.807, 2.05) is 0 Å². The Morgan fingerprint density at radius 1 is 1.26 bits per heavy atom. The Balaban J connectivity index is 1.77. The Labute approximate surface area is 117 Å². The van der Waals surface area contributed by atoms with Crippen LogP contribution >= 0.6 is 0 Å². The fraction of sp³-hybridized carbons (Fsp3) is 0.647. The van der Waals surface area contributed by atoms with Crippen LogP contribution in [-0.2, 0) is 6.42 Å². The van der Waals surface area contributed by atoms with Crippen LogP contribution in [0, 0.1) is 0 Å². The first-order valence-corrected chi connectivity index (χ1v) is 7.82. The van der Waals surface area contributed by atoms with Crippen LogP contribution in [0.15, 0.2) is 24.3 Å². The zero-order valence-electron chi connectivity index (χ0n) is 12.2. The van der Waals surface area contributed by atoms with Gasteiger partial charge in [-0.25, -0.2) is 0 Å². The van der Waals surface area contributed by atoms with Crippen molar-refractivity contribution in [2.24, 2.45) is 0 Å². The van der Waals surface area contributed by atoms with Gasteiger partial charge in [0.2, 0.25) is 0 Å². The molecule has 0 bridgehead atoms. The van der Waals surface area contributed by atoms with E-state index in [2.05, 4.69) is 48.3 Å². The molecule has 1 aromatic carbocycles. The zero-order chi connectivity index (χ0) is 13.2. The molecule has 2 heteroatoms. The number of hydrogen-bond donors (Lipinski definition) is 1. The number of benzene rings is 1. The van der Waals surface area contributed by atoms with Crippen molar-refractivity contribution < 1.29 is 0 Å². The number of aryl methyl sites for hydroxylation is 1. The van der Waals surface area contributed by atoms with Gasteiger partial charge in [-0.05, 0) is 57.2 Å². The maximum atomic E-state index is 3.65. The Kier molecular flexibility index (Phi) is 3.90. The molecule has 2 atom stereocenters. The van der Waals surface area contributed by atoms with Gasteiger partial charge in [-0.2, -0.15) is 0 Å². The third-order valence-electron chi connectivity index (χ3n) is 4.76. The van der Waals surface area contributed by atoms with Crippen LogP contribution < -0.4 is 5.32 Å². The molecule has 1 aliphatic carbocycles. The summed E-state index contributed by atoms with van der Waals surface area (Å²) in [4.78, 5) is 2.72. The van der Waals surface area contributed by atoms with Crippen LogP contribution in [0.25, 0.3) is 0 Å². The molecule has 19 heavy (non-hydrogen) atoms. The van der Waals surface area contributed by atoms with E-state index in [1.165, 1.54) is 38.8 Å². The molecule has 2 nitrogen and oxygen atoms in total. The van der Waals surface area contributed by atoms with Gasteiger partial charge in [0.05, 0.1) is 0 Å². The second kappa shape index (κ2) is 5.64. The summed E-state index contributed by atoms with van der Waals surface area (Å²) in [5.74, 6) is 0. The number of fused-ring (bicyclic) bond motifs is 1. The zero-order valence-corrected chi connectivity index (χ0v) is 12.2. The molecule has 0 aromatic heterocycles. The summed E-state index contributed by atoms with van der Waals surface area (Å²) in [6.07, 6.45) is 5.24. The average Bonchev–Trinajstić information content (AvgIpc) is 3.05. The molecule has 0 amide bonds. The van der Waals surface area contributed by atoms with Crippen LogP contribution in [-0.4, -0.2) is 30.1 Å². The molecular formula is C17H26N2. The van der Waals surface area contributed by atoms with Crippen LogP contribution in [0.3, 0.4) is 0 Å². The van der Waals surface area contributed by atoms with Gasteiger partial charge in [0, 0.05) is 24.7 Å². The van der Waals surface area contributed by atoms with E-state index < -0.39 is 0 Å². The topological polar surface area (TPSA) is 15.3 Å². The van der Waals surface area contributed by atoms with Crippen LogP contribution in [0.1, 0.15) is 50.3 Å². The van der Waals surface area contributed by atoms with E-state index in [4.69, 9.17) is 0 Å². The van der Waals surface area contributed by atoms with Crippen LogP contribution in [0.2, 0.25) is 0 Å². The lowest BCUT2D eigenvalue weighted by Crippen LogP contribution is -2.42. The van der Waals surface area contributed by atoms with Crippen molar-refractivity contribution in [2.75, 3.05) is 13.1 Å². The normalized spacial score (nSPS) is 26.3. The van der Waals surface area contributed by atoms with Crippen molar-refractivity contribution in [2.45, 2.75) is 57.7 Å². The van der Waals surface area contributed by atoms with Gasteiger partial charge < -0.3 is 5.32 Å². The van der Waals surface area contributed by atoms with Crippen molar-refractivity contribution >= 4 is 0 Å². The largest absolute Gasteiger partial charge is 0.313 e. The van der Waals surface area contributed by atoms with E-state index in [0.29, 0.717) is 18.1 Å². The molecule has 0 radical (unpaired) electrons. The monoisotopic (exact) mass is 258 g/mol. The number of rotatable bonds is 4. The van der Waals surface area contributed by atoms with E-state index in [-0.39, 0.29) is 0 Å². The molecule has 3 rings (SSSR count). The molecule has 2 unspecified atom stereocenters. The maximum absolute atomic E-state index is 3.65. The molecule has 104 valence electrons. The molecule has 1 N–H and O–H groups in total. The minimum absolute atomic E-state index is 0.624. The third-order valence-corrected chi connectivity index (χ3v) is 4.76. The molecule has 1 aliphatic heterocycles. The number of nitrogens with zero attached hydrogens (tertiary/aromatic N) is 1. The third kappa shape index (κ3) is 2.70. The van der Waals surface area contributed by atoms with Gasteiger partial charge in [0.1, 0.15) is 0 Å². The fourth-order valence-corrected chi connectivity index (χ4v) is 3.74. The average molecular weight is 258 g/mol. The van der Waals surface area contributed by atoms with Gasteiger partial charge in [0.15, 0.2) is 0 Å². The Hall–Kier alpha value is -0.860. The van der Waals surface area contributed by atoms with E-state index in [1.54, 1.807) is 11.1 Å². The van der Waals surface area contributed by atoms with Gasteiger partial charge in [0.25, 0.3) is 0 Å². The summed E-state index contributed by atoms with van der Waals surface area (Å²) in [6.45, 7) is 7.10. The van der Waals surface area contributed by atoms with Crippen LogP contribution in [0.4, 0.5) is 0 Å². The number of nitrogens with one attached hydrogen (secondary N) is 1.